The first-order valence-electron chi connectivity index (χ1n) is 15.3. The molecule has 2 aromatic carbocycles. The van der Waals surface area contributed by atoms with Crippen LogP contribution in [0.1, 0.15) is 51.2 Å². The molecule has 0 radical (unpaired) electrons. The van der Waals surface area contributed by atoms with Gasteiger partial charge in [-0.1, -0.05) is 13.8 Å². The molecule has 14 nitrogen and oxygen atoms in total. The van der Waals surface area contributed by atoms with Crippen LogP contribution in [-0.4, -0.2) is 51.9 Å². The molecule has 0 unspecified atom stereocenters. The highest BCUT2D eigenvalue weighted by Crippen LogP contribution is 2.61. The van der Waals surface area contributed by atoms with E-state index < -0.39 is 57.8 Å². The molecule has 4 heterocycles. The molecular weight excluding hydrogens is 616 g/mol. The minimum atomic E-state index is -1.10. The topological polar surface area (TPSA) is 176 Å². The molecular formula is C33H34N2O12. The molecule has 2 bridgehead atoms. The lowest BCUT2D eigenvalue weighted by Gasteiger charge is -2.60. The molecule has 1 saturated carbocycles. The lowest BCUT2D eigenvalue weighted by Crippen LogP contribution is -2.72. The van der Waals surface area contributed by atoms with Gasteiger partial charge in [-0.05, 0) is 73.2 Å². The molecule has 0 aromatic heterocycles. The van der Waals surface area contributed by atoms with Crippen LogP contribution < -0.4 is 0 Å². The van der Waals surface area contributed by atoms with Crippen LogP contribution in [0.15, 0.2) is 60.7 Å². The van der Waals surface area contributed by atoms with E-state index in [-0.39, 0.29) is 29.1 Å². The van der Waals surface area contributed by atoms with Gasteiger partial charge in [0.15, 0.2) is 11.9 Å². The van der Waals surface area contributed by atoms with Gasteiger partial charge >= 0.3 is 11.9 Å². The Morgan fingerprint density at radius 1 is 0.830 bits per heavy atom. The lowest BCUT2D eigenvalue weighted by atomic mass is 9.57. The molecule has 1 aliphatic carbocycles. The maximum atomic E-state index is 13.0. The van der Waals surface area contributed by atoms with Gasteiger partial charge in [-0.25, -0.2) is 19.4 Å². The van der Waals surface area contributed by atoms with E-state index in [1.165, 1.54) is 60.7 Å². The molecule has 7 rings (SSSR count). The first-order chi connectivity index (χ1) is 22.4. The standard InChI is InChI=1S/C33H34N2O12/c1-19-25-16-17-32(3)45-31-33(25,47-46-32)26(18-27(19)42-28(36)14-8-21-4-10-23(11-5-21)34(38)39)20(2)30(44-31)43-29(37)15-9-22-6-12-24(13-7-22)35(40)41/h4-15,19-20,25-27,30-31H,16-18H2,1-3H3/b14-8+,15-9+/t19-,20+,25-,26-,27+,30+,31+,32+,33+/m0/s1. The van der Waals surface area contributed by atoms with Gasteiger partial charge in [0.1, 0.15) is 6.10 Å². The lowest BCUT2D eigenvalue weighted by molar-refractivity contribution is -0.577. The third-order valence-electron chi connectivity index (χ3n) is 9.72. The molecule has 0 N–H and O–H groups in total. The molecule has 47 heavy (non-hydrogen) atoms. The van der Waals surface area contributed by atoms with Crippen molar-refractivity contribution in [1.29, 1.82) is 0 Å². The molecule has 2 aromatic rings. The summed E-state index contributed by atoms with van der Waals surface area (Å²) in [4.78, 5) is 58.8. The zero-order valence-electron chi connectivity index (χ0n) is 25.9. The van der Waals surface area contributed by atoms with Gasteiger partial charge in [0.2, 0.25) is 12.1 Å². The minimum Gasteiger partial charge on any atom is -0.459 e. The van der Waals surface area contributed by atoms with E-state index in [2.05, 4.69) is 0 Å². The second-order valence-corrected chi connectivity index (χ2v) is 12.6. The number of carbonyl (C=O) groups is 2. The van der Waals surface area contributed by atoms with E-state index in [1.54, 1.807) is 19.1 Å². The van der Waals surface area contributed by atoms with Crippen molar-refractivity contribution in [1.82, 2.24) is 0 Å². The summed E-state index contributed by atoms with van der Waals surface area (Å²) in [6.45, 7) is 5.62. The largest absolute Gasteiger partial charge is 0.459 e. The average Bonchev–Trinajstić information content (AvgIpc) is 3.28. The molecule has 9 atom stereocenters. The summed E-state index contributed by atoms with van der Waals surface area (Å²) in [5.41, 5.74) is 0.0236. The van der Waals surface area contributed by atoms with E-state index in [1.807, 2.05) is 13.8 Å². The fourth-order valence-corrected chi connectivity index (χ4v) is 7.18. The normalized spacial score (nSPS) is 34.4. The summed E-state index contributed by atoms with van der Waals surface area (Å²) >= 11 is 0. The zero-order valence-corrected chi connectivity index (χ0v) is 25.9. The first kappa shape index (κ1) is 32.4. The maximum absolute atomic E-state index is 13.0. The number of non-ortho nitro benzene ring substituents is 2. The molecule has 4 saturated heterocycles. The molecule has 4 aliphatic heterocycles. The van der Waals surface area contributed by atoms with E-state index >= 15 is 0 Å². The molecule has 14 heteroatoms. The molecule has 5 aliphatic rings. The zero-order chi connectivity index (χ0) is 33.5. The van der Waals surface area contributed by atoms with Gasteiger partial charge in [0.25, 0.3) is 11.4 Å². The van der Waals surface area contributed by atoms with Gasteiger partial charge in [-0.15, -0.1) is 0 Å². The summed E-state index contributed by atoms with van der Waals surface area (Å²) in [6, 6.07) is 11.5. The summed E-state index contributed by atoms with van der Waals surface area (Å²) in [5, 5.41) is 21.9. The van der Waals surface area contributed by atoms with Gasteiger partial charge in [-0.3, -0.25) is 20.2 Å². The van der Waals surface area contributed by atoms with Gasteiger partial charge < -0.3 is 18.9 Å². The van der Waals surface area contributed by atoms with Crippen molar-refractivity contribution < 1.29 is 48.2 Å². The Bertz CT molecular complexity index is 1610. The summed E-state index contributed by atoms with van der Waals surface area (Å²) in [6.07, 6.45) is 4.56. The predicted octanol–water partition coefficient (Wildman–Crippen LogP) is 5.50. The van der Waals surface area contributed by atoms with Crippen LogP contribution in [0.25, 0.3) is 12.2 Å². The number of hydrogen-bond donors (Lipinski definition) is 0. The van der Waals surface area contributed by atoms with Crippen LogP contribution in [0.5, 0.6) is 0 Å². The fourth-order valence-electron chi connectivity index (χ4n) is 7.18. The molecule has 1 spiro atoms. The Morgan fingerprint density at radius 3 is 1.94 bits per heavy atom. The maximum Gasteiger partial charge on any atom is 0.333 e. The third kappa shape index (κ3) is 6.29. The van der Waals surface area contributed by atoms with Crippen molar-refractivity contribution in [2.24, 2.45) is 23.7 Å². The summed E-state index contributed by atoms with van der Waals surface area (Å²) in [5.74, 6) is -3.49. The molecule has 0 amide bonds. The predicted molar refractivity (Wildman–Crippen MR) is 162 cm³/mol. The molecule has 248 valence electrons. The number of nitro benzene ring substituents is 2. The Kier molecular flexibility index (Phi) is 8.70. The highest BCUT2D eigenvalue weighted by Gasteiger charge is 2.71. The van der Waals surface area contributed by atoms with E-state index in [4.69, 9.17) is 28.7 Å². The van der Waals surface area contributed by atoms with Crippen molar-refractivity contribution in [3.63, 3.8) is 0 Å². The molecule has 5 fully saturated rings. The summed E-state index contributed by atoms with van der Waals surface area (Å²) in [7, 11) is 0. The minimum absolute atomic E-state index is 0.0512. The number of rotatable bonds is 8. The van der Waals surface area contributed by atoms with Crippen LogP contribution in [0.4, 0.5) is 11.4 Å². The average molecular weight is 651 g/mol. The van der Waals surface area contributed by atoms with Gasteiger partial charge in [-0.2, -0.15) is 0 Å². The number of esters is 2. The Labute approximate surface area is 269 Å². The van der Waals surface area contributed by atoms with Crippen LogP contribution in [0, 0.1) is 43.9 Å². The van der Waals surface area contributed by atoms with Crippen LogP contribution >= 0.6 is 0 Å². The van der Waals surface area contributed by atoms with Gasteiger partial charge in [0, 0.05) is 60.6 Å². The Morgan fingerprint density at radius 2 is 1.38 bits per heavy atom. The van der Waals surface area contributed by atoms with Crippen LogP contribution in [0.2, 0.25) is 0 Å². The highest BCUT2D eigenvalue weighted by atomic mass is 17.3. The number of benzene rings is 2. The van der Waals surface area contributed by atoms with Gasteiger partial charge in [0.05, 0.1) is 9.85 Å². The van der Waals surface area contributed by atoms with Crippen molar-refractivity contribution in [3.05, 3.63) is 92.0 Å². The van der Waals surface area contributed by atoms with Crippen molar-refractivity contribution in [3.8, 4) is 0 Å². The van der Waals surface area contributed by atoms with E-state index in [0.717, 1.165) is 0 Å². The number of fused-ring (bicyclic) bond motifs is 2. The van der Waals surface area contributed by atoms with Crippen LogP contribution in [0.3, 0.4) is 0 Å². The van der Waals surface area contributed by atoms with Crippen molar-refractivity contribution >= 4 is 35.5 Å². The first-order valence-corrected chi connectivity index (χ1v) is 15.3. The Balaban J connectivity index is 1.19. The van der Waals surface area contributed by atoms with Crippen LogP contribution in [-0.2, 0) is 38.3 Å². The second kappa shape index (κ2) is 12.6. The highest BCUT2D eigenvalue weighted by molar-refractivity contribution is 5.87. The third-order valence-corrected chi connectivity index (χ3v) is 9.72. The quantitative estimate of drug-likeness (QED) is 0.115. The second-order valence-electron chi connectivity index (χ2n) is 12.6. The van der Waals surface area contributed by atoms with Crippen molar-refractivity contribution in [2.45, 2.75) is 70.1 Å². The Hall–Kier alpha value is -4.50. The van der Waals surface area contributed by atoms with E-state index in [0.29, 0.717) is 30.4 Å². The summed E-state index contributed by atoms with van der Waals surface area (Å²) < 4.78 is 24.4. The number of carbonyl (C=O) groups excluding carboxylic acids is 2. The van der Waals surface area contributed by atoms with E-state index in [9.17, 15) is 29.8 Å². The number of ether oxygens (including phenoxy) is 4. The van der Waals surface area contributed by atoms with Crippen molar-refractivity contribution in [2.75, 3.05) is 0 Å². The number of hydrogen-bond acceptors (Lipinski definition) is 12. The number of nitro groups is 2. The SMILES string of the molecule is C[C@@H]1[C@H](OC(=O)/C=C/c2ccc([N+](=O)[O-])cc2)C[C@H]2[C@@H](C)[C@H](OC(=O)/C=C/c3ccc([N+](=O)[O-])cc3)O[C@@H]3O[C@@]4(C)CC[C@@H]1[C@]32OO4. The monoisotopic (exact) mass is 650 g/mol. The smallest absolute Gasteiger partial charge is 0.333 e. The fraction of sp³-hybridized carbons (Fsp3) is 0.455. The number of nitrogens with zero attached hydrogens (tertiary/aromatic N) is 2.